The lowest BCUT2D eigenvalue weighted by Gasteiger charge is -2.04. The highest BCUT2D eigenvalue weighted by Gasteiger charge is 2.26. The van der Waals surface area contributed by atoms with Crippen molar-refractivity contribution in [3.05, 3.63) is 11.7 Å². The van der Waals surface area contributed by atoms with Crippen LogP contribution in [0.3, 0.4) is 0 Å². The van der Waals surface area contributed by atoms with Crippen LogP contribution in [0.25, 0.3) is 0 Å². The maximum absolute atomic E-state index is 11.5. The molecule has 1 saturated carbocycles. The van der Waals surface area contributed by atoms with Crippen LogP contribution in [0.5, 0.6) is 0 Å². The average Bonchev–Trinajstić information content (AvgIpc) is 2.95. The van der Waals surface area contributed by atoms with Crippen molar-refractivity contribution in [1.29, 1.82) is 0 Å². The van der Waals surface area contributed by atoms with E-state index in [9.17, 15) is 4.79 Å². The second-order valence-corrected chi connectivity index (χ2v) is 4.16. The van der Waals surface area contributed by atoms with Gasteiger partial charge in [-0.05, 0) is 26.8 Å². The molecule has 1 aromatic heterocycles. The molecule has 0 spiro atoms. The summed E-state index contributed by atoms with van der Waals surface area (Å²) in [5, 5.41) is 9.64. The van der Waals surface area contributed by atoms with Crippen LogP contribution in [0, 0.1) is 0 Å². The van der Waals surface area contributed by atoms with E-state index in [1.807, 2.05) is 14.0 Å². The first kappa shape index (κ1) is 13.9. The van der Waals surface area contributed by atoms with E-state index in [-0.39, 0.29) is 30.2 Å². The zero-order chi connectivity index (χ0) is 11.5. The van der Waals surface area contributed by atoms with Gasteiger partial charge in [-0.3, -0.25) is 4.79 Å². The molecule has 1 aliphatic carbocycles. The van der Waals surface area contributed by atoms with Gasteiger partial charge in [0, 0.05) is 18.5 Å². The molecular formula is C10H17ClN4O2. The van der Waals surface area contributed by atoms with Crippen molar-refractivity contribution in [1.82, 2.24) is 20.8 Å². The fourth-order valence-electron chi connectivity index (χ4n) is 1.28. The smallest absolute Gasteiger partial charge is 0.315 e. The highest BCUT2D eigenvalue weighted by Crippen LogP contribution is 2.19. The van der Waals surface area contributed by atoms with Crippen LogP contribution >= 0.6 is 12.4 Å². The van der Waals surface area contributed by atoms with Crippen molar-refractivity contribution in [2.75, 3.05) is 7.05 Å². The Hall–Kier alpha value is -1.14. The van der Waals surface area contributed by atoms with Crippen molar-refractivity contribution in [2.24, 2.45) is 0 Å². The van der Waals surface area contributed by atoms with Crippen molar-refractivity contribution >= 4 is 18.3 Å². The van der Waals surface area contributed by atoms with E-state index in [4.69, 9.17) is 4.52 Å². The van der Waals surface area contributed by atoms with E-state index in [1.54, 1.807) is 0 Å². The minimum Gasteiger partial charge on any atom is -0.345 e. The highest BCUT2D eigenvalue weighted by atomic mass is 35.5. The molecule has 1 aromatic rings. The zero-order valence-electron chi connectivity index (χ0n) is 9.90. The molecule has 1 aliphatic rings. The topological polar surface area (TPSA) is 80.0 Å². The Bertz CT molecular complexity index is 378. The first-order valence-electron chi connectivity index (χ1n) is 5.49. The van der Waals surface area contributed by atoms with Gasteiger partial charge in [0.2, 0.25) is 0 Å². The molecule has 1 unspecified atom stereocenters. The molecule has 0 aliphatic heterocycles. The minimum absolute atomic E-state index is 0. The predicted molar refractivity (Wildman–Crippen MR) is 64.3 cm³/mol. The number of carbonyl (C=O) groups is 1. The van der Waals surface area contributed by atoms with E-state index < -0.39 is 0 Å². The van der Waals surface area contributed by atoms with Gasteiger partial charge in [0.05, 0.1) is 0 Å². The molecule has 1 amide bonds. The zero-order valence-corrected chi connectivity index (χ0v) is 10.7. The molecule has 0 aromatic carbocycles. The number of likely N-dealkylation sites (N-methyl/N-ethyl adjacent to an activating group) is 1. The monoisotopic (exact) mass is 260 g/mol. The van der Waals surface area contributed by atoms with Crippen LogP contribution < -0.4 is 10.6 Å². The predicted octanol–water partition coefficient (Wildman–Crippen LogP) is 0.534. The molecule has 2 rings (SSSR count). The van der Waals surface area contributed by atoms with Crippen LogP contribution in [0.4, 0.5) is 0 Å². The van der Waals surface area contributed by atoms with Crippen molar-refractivity contribution in [2.45, 2.75) is 38.3 Å². The van der Waals surface area contributed by atoms with E-state index in [0.717, 1.165) is 12.8 Å². The molecule has 1 fully saturated rings. The van der Waals surface area contributed by atoms with Gasteiger partial charge in [-0.1, -0.05) is 5.16 Å². The van der Waals surface area contributed by atoms with Gasteiger partial charge in [0.1, 0.15) is 0 Å². The Balaban J connectivity index is 0.00000144. The lowest BCUT2D eigenvalue weighted by atomic mass is 10.2. The maximum atomic E-state index is 11.5. The van der Waals surface area contributed by atoms with Crippen LogP contribution in [0.15, 0.2) is 4.52 Å². The second-order valence-electron chi connectivity index (χ2n) is 4.16. The molecule has 0 saturated heterocycles. The van der Waals surface area contributed by atoms with Crippen molar-refractivity contribution < 1.29 is 9.32 Å². The summed E-state index contributed by atoms with van der Waals surface area (Å²) in [6.07, 6.45) is 2.74. The minimum atomic E-state index is -0.265. The first-order valence-corrected chi connectivity index (χ1v) is 5.49. The summed E-state index contributed by atoms with van der Waals surface area (Å²) in [7, 11) is 1.87. The second kappa shape index (κ2) is 5.97. The third kappa shape index (κ3) is 3.98. The highest BCUT2D eigenvalue weighted by molar-refractivity contribution is 5.89. The standard InChI is InChI=1S/C10H16N4O2.ClH/c1-6(11-2)5-8-13-10(16-14-8)9(15)12-7-3-4-7;/h6-7,11H,3-5H2,1-2H3,(H,12,15);1H. The Morgan fingerprint density at radius 3 is 2.88 bits per heavy atom. The number of carbonyl (C=O) groups excluding carboxylic acids is 1. The van der Waals surface area contributed by atoms with Gasteiger partial charge < -0.3 is 15.2 Å². The van der Waals surface area contributed by atoms with E-state index in [1.165, 1.54) is 0 Å². The van der Waals surface area contributed by atoms with Crippen LogP contribution in [-0.2, 0) is 6.42 Å². The summed E-state index contributed by atoms with van der Waals surface area (Å²) in [6, 6.07) is 0.566. The summed E-state index contributed by atoms with van der Waals surface area (Å²) in [5.41, 5.74) is 0. The number of hydrogen-bond donors (Lipinski definition) is 2. The Morgan fingerprint density at radius 1 is 1.59 bits per heavy atom. The molecule has 2 N–H and O–H groups in total. The van der Waals surface area contributed by atoms with Gasteiger partial charge in [0.25, 0.3) is 0 Å². The fourth-order valence-corrected chi connectivity index (χ4v) is 1.28. The largest absolute Gasteiger partial charge is 0.345 e. The molecule has 0 radical (unpaired) electrons. The summed E-state index contributed by atoms with van der Waals surface area (Å²) in [4.78, 5) is 15.6. The van der Waals surface area contributed by atoms with Crippen LogP contribution in [-0.4, -0.2) is 35.2 Å². The third-order valence-electron chi connectivity index (χ3n) is 2.56. The summed E-state index contributed by atoms with van der Waals surface area (Å²) >= 11 is 0. The maximum Gasteiger partial charge on any atom is 0.315 e. The molecule has 1 atom stereocenters. The summed E-state index contributed by atoms with van der Waals surface area (Å²) in [6.45, 7) is 2.01. The number of hydrogen-bond acceptors (Lipinski definition) is 5. The van der Waals surface area contributed by atoms with Gasteiger partial charge in [0.15, 0.2) is 5.82 Å². The first-order chi connectivity index (χ1) is 7.69. The molecule has 0 bridgehead atoms. The lowest BCUT2D eigenvalue weighted by Crippen LogP contribution is -2.26. The van der Waals surface area contributed by atoms with Crippen LogP contribution in [0.2, 0.25) is 0 Å². The van der Waals surface area contributed by atoms with Gasteiger partial charge in [-0.2, -0.15) is 4.98 Å². The SMILES string of the molecule is CNC(C)Cc1noc(C(=O)NC2CC2)n1.Cl. The van der Waals surface area contributed by atoms with E-state index in [2.05, 4.69) is 20.8 Å². The van der Waals surface area contributed by atoms with Crippen LogP contribution in [0.1, 0.15) is 36.3 Å². The van der Waals surface area contributed by atoms with Gasteiger partial charge >= 0.3 is 11.8 Å². The van der Waals surface area contributed by atoms with E-state index >= 15 is 0 Å². The quantitative estimate of drug-likeness (QED) is 0.808. The Morgan fingerprint density at radius 2 is 2.29 bits per heavy atom. The normalized spacial score (nSPS) is 16.1. The molecule has 96 valence electrons. The summed E-state index contributed by atoms with van der Waals surface area (Å²) in [5.74, 6) is 0.353. The number of halogens is 1. The molecular weight excluding hydrogens is 244 g/mol. The van der Waals surface area contributed by atoms with E-state index in [0.29, 0.717) is 18.3 Å². The number of aromatic nitrogens is 2. The Kier molecular flexibility index (Phi) is 4.89. The number of amides is 1. The lowest BCUT2D eigenvalue weighted by molar-refractivity contribution is 0.0907. The third-order valence-corrected chi connectivity index (χ3v) is 2.56. The molecule has 17 heavy (non-hydrogen) atoms. The number of nitrogens with zero attached hydrogens (tertiary/aromatic N) is 2. The fraction of sp³-hybridized carbons (Fsp3) is 0.700. The van der Waals surface area contributed by atoms with Crippen molar-refractivity contribution in [3.8, 4) is 0 Å². The Labute approximate surface area is 106 Å². The van der Waals surface area contributed by atoms with Gasteiger partial charge in [-0.15, -0.1) is 12.4 Å². The molecule has 7 heteroatoms. The number of rotatable bonds is 5. The molecule has 1 heterocycles. The summed E-state index contributed by atoms with van der Waals surface area (Å²) < 4.78 is 4.90. The molecule has 6 nitrogen and oxygen atoms in total. The van der Waals surface area contributed by atoms with Crippen molar-refractivity contribution in [3.63, 3.8) is 0 Å². The number of nitrogens with one attached hydrogen (secondary N) is 2. The average molecular weight is 261 g/mol. The van der Waals surface area contributed by atoms with Gasteiger partial charge in [-0.25, -0.2) is 0 Å².